The molecular formula is C15H13Cl2N3S. The fourth-order valence-electron chi connectivity index (χ4n) is 2.29. The first-order valence-electron chi connectivity index (χ1n) is 6.55. The number of nitrogens with zero attached hydrogens (tertiary/aromatic N) is 2. The van der Waals surface area contributed by atoms with E-state index in [-0.39, 0.29) is 0 Å². The number of imidazole rings is 1. The van der Waals surface area contributed by atoms with Crippen molar-refractivity contribution in [2.24, 2.45) is 0 Å². The maximum absolute atomic E-state index is 6.21. The van der Waals surface area contributed by atoms with Crippen LogP contribution in [0.15, 0.2) is 30.3 Å². The third kappa shape index (κ3) is 2.98. The number of benzene rings is 1. The van der Waals surface area contributed by atoms with Crippen molar-refractivity contribution in [1.29, 1.82) is 0 Å². The summed E-state index contributed by atoms with van der Waals surface area (Å²) in [4.78, 5) is 7.73. The summed E-state index contributed by atoms with van der Waals surface area (Å²) in [7, 11) is 0. The van der Waals surface area contributed by atoms with Gasteiger partial charge in [0.25, 0.3) is 0 Å². The quantitative estimate of drug-likeness (QED) is 0.686. The molecule has 6 heteroatoms. The Morgan fingerprint density at radius 3 is 2.81 bits per heavy atom. The van der Waals surface area contributed by atoms with Crippen molar-refractivity contribution in [2.45, 2.75) is 19.9 Å². The molecular weight excluding hydrogens is 325 g/mol. The van der Waals surface area contributed by atoms with Gasteiger partial charge in [-0.1, -0.05) is 29.3 Å². The van der Waals surface area contributed by atoms with E-state index in [4.69, 9.17) is 35.4 Å². The average molecular weight is 338 g/mol. The zero-order valence-corrected chi connectivity index (χ0v) is 13.7. The molecule has 1 N–H and O–H groups in total. The summed E-state index contributed by atoms with van der Waals surface area (Å²) >= 11 is 17.5. The second kappa shape index (κ2) is 5.79. The van der Waals surface area contributed by atoms with Crippen molar-refractivity contribution in [3.8, 4) is 0 Å². The van der Waals surface area contributed by atoms with Crippen LogP contribution in [-0.4, -0.2) is 14.5 Å². The molecule has 2 heterocycles. The van der Waals surface area contributed by atoms with Crippen LogP contribution < -0.4 is 0 Å². The molecule has 1 aromatic carbocycles. The number of halogens is 2. The monoisotopic (exact) mass is 337 g/mol. The van der Waals surface area contributed by atoms with Crippen LogP contribution in [0.5, 0.6) is 0 Å². The largest absolute Gasteiger partial charge is 0.329 e. The van der Waals surface area contributed by atoms with E-state index in [0.717, 1.165) is 35.4 Å². The van der Waals surface area contributed by atoms with Gasteiger partial charge in [0.2, 0.25) is 0 Å². The maximum Gasteiger partial charge on any atom is 0.179 e. The van der Waals surface area contributed by atoms with Gasteiger partial charge in [-0.25, -0.2) is 4.98 Å². The molecule has 0 unspecified atom stereocenters. The summed E-state index contributed by atoms with van der Waals surface area (Å²) in [5.74, 6) is 0. The molecule has 0 saturated heterocycles. The highest BCUT2D eigenvalue weighted by molar-refractivity contribution is 7.71. The number of aromatic amines is 1. The number of hydrogen-bond donors (Lipinski definition) is 1. The van der Waals surface area contributed by atoms with Gasteiger partial charge in [0.05, 0.1) is 5.52 Å². The Bertz CT molecular complexity index is 867. The van der Waals surface area contributed by atoms with E-state index >= 15 is 0 Å². The number of hydrogen-bond acceptors (Lipinski definition) is 2. The SMILES string of the molecule is Cc1ccc2[nH]c(=S)n(CCc3ccc(Cl)cc3Cl)c2n1. The molecule has 0 saturated carbocycles. The third-order valence-electron chi connectivity index (χ3n) is 3.38. The minimum Gasteiger partial charge on any atom is -0.329 e. The second-order valence-electron chi connectivity index (χ2n) is 4.89. The van der Waals surface area contributed by atoms with E-state index in [2.05, 4.69) is 9.97 Å². The molecule has 0 atom stereocenters. The predicted octanol–water partition coefficient (Wildman–Crippen LogP) is 4.95. The molecule has 108 valence electrons. The molecule has 0 radical (unpaired) electrons. The van der Waals surface area contributed by atoms with E-state index < -0.39 is 0 Å². The van der Waals surface area contributed by atoms with Crippen LogP contribution in [0.25, 0.3) is 11.2 Å². The topological polar surface area (TPSA) is 33.6 Å². The Morgan fingerprint density at radius 1 is 1.24 bits per heavy atom. The highest BCUT2D eigenvalue weighted by Gasteiger charge is 2.08. The summed E-state index contributed by atoms with van der Waals surface area (Å²) in [5, 5.41) is 1.32. The van der Waals surface area contributed by atoms with E-state index in [9.17, 15) is 0 Å². The lowest BCUT2D eigenvalue weighted by molar-refractivity contribution is 0.700. The zero-order chi connectivity index (χ0) is 15.0. The van der Waals surface area contributed by atoms with Gasteiger partial charge >= 0.3 is 0 Å². The lowest BCUT2D eigenvalue weighted by atomic mass is 10.1. The third-order valence-corrected chi connectivity index (χ3v) is 4.29. The summed E-state index contributed by atoms with van der Waals surface area (Å²) in [6, 6.07) is 9.52. The number of aryl methyl sites for hydroxylation is 3. The summed E-state index contributed by atoms with van der Waals surface area (Å²) in [6.45, 7) is 2.69. The Balaban J connectivity index is 1.93. The van der Waals surface area contributed by atoms with Gasteiger partial charge in [0.1, 0.15) is 0 Å². The molecule has 0 spiro atoms. The normalized spacial score (nSPS) is 11.2. The minimum atomic E-state index is 0.643. The molecule has 0 aliphatic rings. The summed E-state index contributed by atoms with van der Waals surface area (Å²) in [5.41, 5.74) is 3.85. The molecule has 0 amide bonds. The van der Waals surface area contributed by atoms with Gasteiger partial charge in [0.15, 0.2) is 10.4 Å². The van der Waals surface area contributed by atoms with Crippen LogP contribution in [0.3, 0.4) is 0 Å². The molecule has 0 aliphatic carbocycles. The zero-order valence-electron chi connectivity index (χ0n) is 11.4. The fraction of sp³-hybridized carbons (Fsp3) is 0.200. The van der Waals surface area contributed by atoms with Crippen LogP contribution >= 0.6 is 35.4 Å². The van der Waals surface area contributed by atoms with Crippen LogP contribution in [0.2, 0.25) is 10.0 Å². The predicted molar refractivity (Wildman–Crippen MR) is 89.8 cm³/mol. The number of rotatable bonds is 3. The molecule has 3 rings (SSSR count). The highest BCUT2D eigenvalue weighted by atomic mass is 35.5. The molecule has 0 aliphatic heterocycles. The number of nitrogens with one attached hydrogen (secondary N) is 1. The Kier molecular flexibility index (Phi) is 4.02. The van der Waals surface area contributed by atoms with E-state index in [0.29, 0.717) is 14.8 Å². The molecule has 0 bridgehead atoms. The Morgan fingerprint density at radius 2 is 2.05 bits per heavy atom. The molecule has 0 fully saturated rings. The van der Waals surface area contributed by atoms with Gasteiger partial charge in [-0.15, -0.1) is 0 Å². The second-order valence-corrected chi connectivity index (χ2v) is 6.12. The van der Waals surface area contributed by atoms with Crippen molar-refractivity contribution >= 4 is 46.6 Å². The fourth-order valence-corrected chi connectivity index (χ4v) is 3.08. The number of pyridine rings is 1. The van der Waals surface area contributed by atoms with Gasteiger partial charge in [-0.05, 0) is 55.4 Å². The van der Waals surface area contributed by atoms with Crippen molar-refractivity contribution < 1.29 is 0 Å². The van der Waals surface area contributed by atoms with E-state index in [1.165, 1.54) is 0 Å². The Hall–Kier alpha value is -1.36. The van der Waals surface area contributed by atoms with Crippen molar-refractivity contribution in [1.82, 2.24) is 14.5 Å². The smallest absolute Gasteiger partial charge is 0.179 e. The van der Waals surface area contributed by atoms with Crippen LogP contribution in [0.4, 0.5) is 0 Å². The van der Waals surface area contributed by atoms with Crippen LogP contribution in [0.1, 0.15) is 11.3 Å². The number of H-pyrrole nitrogens is 1. The van der Waals surface area contributed by atoms with Gasteiger partial charge in [-0.3, -0.25) is 0 Å². The maximum atomic E-state index is 6.21. The van der Waals surface area contributed by atoms with Crippen molar-refractivity contribution in [2.75, 3.05) is 0 Å². The van der Waals surface area contributed by atoms with Gasteiger partial charge < -0.3 is 9.55 Å². The first-order chi connectivity index (χ1) is 10.0. The van der Waals surface area contributed by atoms with Crippen molar-refractivity contribution in [3.63, 3.8) is 0 Å². The van der Waals surface area contributed by atoms with Crippen molar-refractivity contribution in [3.05, 3.63) is 56.4 Å². The van der Waals surface area contributed by atoms with E-state index in [1.54, 1.807) is 6.07 Å². The molecule has 3 nitrogen and oxygen atoms in total. The average Bonchev–Trinajstić information content (AvgIpc) is 2.73. The van der Waals surface area contributed by atoms with E-state index in [1.807, 2.05) is 35.8 Å². The first kappa shape index (κ1) is 14.6. The minimum absolute atomic E-state index is 0.643. The summed E-state index contributed by atoms with van der Waals surface area (Å²) < 4.78 is 2.68. The summed E-state index contributed by atoms with van der Waals surface area (Å²) in [6.07, 6.45) is 0.771. The molecule has 21 heavy (non-hydrogen) atoms. The Labute approximate surface area is 137 Å². The standard InChI is InChI=1S/C15H13Cl2N3S/c1-9-2-5-13-14(18-9)20(15(21)19-13)7-6-10-3-4-11(16)8-12(10)17/h2-5,8H,6-7H2,1H3,(H,19,21). The van der Waals surface area contributed by atoms with Gasteiger partial charge in [-0.2, -0.15) is 0 Å². The molecule has 2 aromatic heterocycles. The highest BCUT2D eigenvalue weighted by Crippen LogP contribution is 2.22. The van der Waals surface area contributed by atoms with Gasteiger partial charge in [0, 0.05) is 22.3 Å². The lowest BCUT2D eigenvalue weighted by Crippen LogP contribution is -2.03. The first-order valence-corrected chi connectivity index (χ1v) is 7.71. The number of fused-ring (bicyclic) bond motifs is 1. The van der Waals surface area contributed by atoms with Crippen LogP contribution in [0, 0.1) is 11.7 Å². The lowest BCUT2D eigenvalue weighted by Gasteiger charge is -2.07. The number of aromatic nitrogens is 3. The van der Waals surface area contributed by atoms with Crippen LogP contribution in [-0.2, 0) is 13.0 Å². The molecule has 3 aromatic rings.